The van der Waals surface area contributed by atoms with Crippen molar-refractivity contribution in [3.63, 3.8) is 0 Å². The van der Waals surface area contributed by atoms with E-state index in [1.54, 1.807) is 11.4 Å². The molecular formula is C22H27N5O2S3. The van der Waals surface area contributed by atoms with Crippen molar-refractivity contribution in [1.82, 2.24) is 15.2 Å². The van der Waals surface area contributed by atoms with Crippen molar-refractivity contribution in [2.24, 2.45) is 4.99 Å². The summed E-state index contributed by atoms with van der Waals surface area (Å²) < 4.78 is 29.0. The van der Waals surface area contributed by atoms with Crippen LogP contribution in [-0.2, 0) is 10.0 Å². The first-order chi connectivity index (χ1) is 15.3. The van der Waals surface area contributed by atoms with Crippen molar-refractivity contribution < 1.29 is 8.42 Å². The molecule has 1 saturated heterocycles. The highest BCUT2D eigenvalue weighted by Gasteiger charge is 2.35. The van der Waals surface area contributed by atoms with Gasteiger partial charge in [-0.05, 0) is 43.0 Å². The third kappa shape index (κ3) is 4.34. The number of nitrogens with zero attached hydrogens (tertiary/aromatic N) is 2. The van der Waals surface area contributed by atoms with E-state index >= 15 is 0 Å². The van der Waals surface area contributed by atoms with Crippen LogP contribution in [0.25, 0.3) is 10.9 Å². The topological polar surface area (TPSA) is 89.6 Å². The maximum Gasteiger partial charge on any atom is 0.271 e. The fourth-order valence-corrected chi connectivity index (χ4v) is 7.97. The number of aromatic amines is 1. The fourth-order valence-electron chi connectivity index (χ4n) is 4.28. The number of hydrogen-bond acceptors (Lipinski definition) is 7. The summed E-state index contributed by atoms with van der Waals surface area (Å²) in [5, 5.41) is 7.15. The molecule has 10 heteroatoms. The molecule has 3 aromatic rings. The number of anilines is 1. The minimum absolute atomic E-state index is 0.0467. The second-order valence-electron chi connectivity index (χ2n) is 8.65. The first-order valence-electron chi connectivity index (χ1n) is 10.7. The molecule has 0 radical (unpaired) electrons. The number of benzene rings is 1. The van der Waals surface area contributed by atoms with E-state index in [9.17, 15) is 8.42 Å². The molecule has 1 unspecified atom stereocenters. The number of H-pyrrole nitrogens is 1. The number of sulfonamides is 1. The third-order valence-electron chi connectivity index (χ3n) is 5.86. The van der Waals surface area contributed by atoms with Gasteiger partial charge in [0.05, 0.1) is 28.2 Å². The minimum atomic E-state index is -3.63. The van der Waals surface area contributed by atoms with Crippen LogP contribution < -0.4 is 10.0 Å². The molecule has 0 bridgehead atoms. The number of hydrogen-bond donors (Lipinski definition) is 3. The van der Waals surface area contributed by atoms with Gasteiger partial charge in [0.2, 0.25) is 0 Å². The molecule has 2 aliphatic rings. The molecule has 2 aromatic heterocycles. The number of thioether (sulfide) groups is 1. The van der Waals surface area contributed by atoms with Crippen LogP contribution >= 0.6 is 23.1 Å². The van der Waals surface area contributed by atoms with Crippen LogP contribution in [0.1, 0.15) is 18.2 Å². The predicted octanol–water partition coefficient (Wildman–Crippen LogP) is 3.50. The van der Waals surface area contributed by atoms with E-state index in [1.165, 1.54) is 11.3 Å². The molecule has 2 aliphatic heterocycles. The first-order valence-corrected chi connectivity index (χ1v) is 13.9. The van der Waals surface area contributed by atoms with Crippen LogP contribution in [0.4, 0.5) is 5.69 Å². The Morgan fingerprint density at radius 1 is 1.25 bits per heavy atom. The van der Waals surface area contributed by atoms with Crippen LogP contribution in [0, 0.1) is 6.92 Å². The van der Waals surface area contributed by atoms with Crippen LogP contribution in [0.3, 0.4) is 0 Å². The largest absolute Gasteiger partial charge is 0.351 e. The molecule has 0 amide bonds. The third-order valence-corrected chi connectivity index (χ3v) is 10.2. The van der Waals surface area contributed by atoms with Gasteiger partial charge >= 0.3 is 0 Å². The maximum atomic E-state index is 12.9. The molecule has 7 nitrogen and oxygen atoms in total. The van der Waals surface area contributed by atoms with Gasteiger partial charge in [-0.3, -0.25) is 14.6 Å². The number of aromatic nitrogens is 1. The van der Waals surface area contributed by atoms with E-state index in [1.807, 2.05) is 36.9 Å². The average Bonchev–Trinajstić information content (AvgIpc) is 3.47. The lowest BCUT2D eigenvalue weighted by molar-refractivity contribution is 0.224. The van der Waals surface area contributed by atoms with Gasteiger partial charge in [0.15, 0.2) is 0 Å². The van der Waals surface area contributed by atoms with Gasteiger partial charge < -0.3 is 10.3 Å². The first kappa shape index (κ1) is 22.0. The maximum absolute atomic E-state index is 12.9. The van der Waals surface area contributed by atoms with Gasteiger partial charge in [0, 0.05) is 38.1 Å². The lowest BCUT2D eigenvalue weighted by Crippen LogP contribution is -2.49. The molecule has 1 fully saturated rings. The van der Waals surface area contributed by atoms with E-state index in [2.05, 4.69) is 32.9 Å². The second kappa shape index (κ2) is 8.49. The molecule has 0 aliphatic carbocycles. The zero-order chi connectivity index (χ0) is 22.3. The van der Waals surface area contributed by atoms with Crippen molar-refractivity contribution in [2.45, 2.75) is 22.8 Å². The van der Waals surface area contributed by atoms with E-state index in [-0.39, 0.29) is 4.75 Å². The highest BCUT2D eigenvalue weighted by molar-refractivity contribution is 8.15. The number of piperazine rings is 1. The normalized spacial score (nSPS) is 22.4. The highest BCUT2D eigenvalue weighted by Crippen LogP contribution is 2.37. The van der Waals surface area contributed by atoms with Crippen LogP contribution in [0.5, 0.6) is 0 Å². The van der Waals surface area contributed by atoms with E-state index < -0.39 is 10.0 Å². The van der Waals surface area contributed by atoms with Gasteiger partial charge in [0.1, 0.15) is 9.25 Å². The zero-order valence-electron chi connectivity index (χ0n) is 18.1. The number of fused-ring (bicyclic) bond motifs is 1. The van der Waals surface area contributed by atoms with Crippen molar-refractivity contribution in [1.29, 1.82) is 0 Å². The Labute approximate surface area is 196 Å². The lowest BCUT2D eigenvalue weighted by atomic mass is 10.1. The molecule has 0 saturated carbocycles. The van der Waals surface area contributed by atoms with Crippen LogP contribution in [0.2, 0.25) is 0 Å². The summed E-state index contributed by atoms with van der Waals surface area (Å²) >= 11 is 3.04. The van der Waals surface area contributed by atoms with Crippen molar-refractivity contribution >= 4 is 54.8 Å². The van der Waals surface area contributed by atoms with Gasteiger partial charge in [-0.15, -0.1) is 11.3 Å². The van der Waals surface area contributed by atoms with Crippen molar-refractivity contribution in [3.05, 3.63) is 47.0 Å². The molecule has 3 N–H and O–H groups in total. The molecule has 1 atom stereocenters. The monoisotopic (exact) mass is 489 g/mol. The fraction of sp³-hybridized carbons (Fsp3) is 0.409. The highest BCUT2D eigenvalue weighted by atomic mass is 32.2. The Morgan fingerprint density at radius 2 is 2.06 bits per heavy atom. The summed E-state index contributed by atoms with van der Waals surface area (Å²) in [4.78, 5) is 10.8. The predicted molar refractivity (Wildman–Crippen MR) is 135 cm³/mol. The molecular weight excluding hydrogens is 462 g/mol. The quantitative estimate of drug-likeness (QED) is 0.493. The van der Waals surface area contributed by atoms with Gasteiger partial charge in [-0.2, -0.15) is 0 Å². The number of aryl methyl sites for hydroxylation is 1. The van der Waals surface area contributed by atoms with E-state index in [4.69, 9.17) is 4.99 Å². The Kier molecular flexibility index (Phi) is 5.83. The molecule has 0 spiro atoms. The number of aliphatic imine (C=N–C) groups is 1. The molecule has 32 heavy (non-hydrogen) atoms. The summed E-state index contributed by atoms with van der Waals surface area (Å²) in [5.41, 5.74) is 3.02. The second-order valence-corrected chi connectivity index (χ2v) is 13.0. The molecule has 170 valence electrons. The number of rotatable bonds is 6. The number of nitrogens with one attached hydrogen (secondary N) is 3. The lowest BCUT2D eigenvalue weighted by Gasteiger charge is -2.33. The summed E-state index contributed by atoms with van der Waals surface area (Å²) in [7, 11) is -3.63. The molecule has 1 aromatic carbocycles. The Morgan fingerprint density at radius 3 is 2.81 bits per heavy atom. The van der Waals surface area contributed by atoms with Crippen LogP contribution in [-0.4, -0.2) is 67.4 Å². The number of thiophene rings is 1. The smallest absolute Gasteiger partial charge is 0.271 e. The summed E-state index contributed by atoms with van der Waals surface area (Å²) in [6, 6.07) is 9.54. The average molecular weight is 490 g/mol. The summed E-state index contributed by atoms with van der Waals surface area (Å²) in [6.45, 7) is 10.1. The van der Waals surface area contributed by atoms with Crippen molar-refractivity contribution in [2.75, 3.05) is 44.0 Å². The van der Waals surface area contributed by atoms with Gasteiger partial charge in [-0.1, -0.05) is 23.9 Å². The summed E-state index contributed by atoms with van der Waals surface area (Å²) in [6.07, 6.45) is 0. The SMILES string of the molecule is Cc1ccsc1S(=O)(=O)Nc1cccc2cc(C3=NCC(C)(CN4CCNCC4)S3)[nH]c12. The van der Waals surface area contributed by atoms with E-state index in [0.717, 1.165) is 66.5 Å². The van der Waals surface area contributed by atoms with E-state index in [0.29, 0.717) is 9.90 Å². The standard InChI is InChI=1S/C22H27N5O2S3/c1-15-6-11-30-21(15)32(28,29)26-17-5-3-4-16-12-18(25-19(16)17)20-24-13-22(2,31-20)14-27-9-7-23-8-10-27/h3-6,11-12,23,25-26H,7-10,13-14H2,1-2H3. The Hall–Kier alpha value is -1.85. The Bertz CT molecular complexity index is 1270. The Balaban J connectivity index is 1.37. The van der Waals surface area contributed by atoms with Crippen molar-refractivity contribution in [3.8, 4) is 0 Å². The van der Waals surface area contributed by atoms with Gasteiger partial charge in [0.25, 0.3) is 10.0 Å². The molecule has 4 heterocycles. The van der Waals surface area contributed by atoms with Gasteiger partial charge in [-0.25, -0.2) is 8.42 Å². The zero-order valence-corrected chi connectivity index (χ0v) is 20.6. The van der Waals surface area contributed by atoms with Crippen LogP contribution in [0.15, 0.2) is 44.9 Å². The summed E-state index contributed by atoms with van der Waals surface area (Å²) in [5.74, 6) is 0. The molecule has 5 rings (SSSR count). The minimum Gasteiger partial charge on any atom is -0.351 e. The number of para-hydroxylation sites is 1.